The first-order valence-corrected chi connectivity index (χ1v) is 8.19. The standard InChI is InChI=1S/C17H10Br2O4/c1-23-12-7-8(13(18)14(19)17(12)22)6-11-15(20)9-4-2-3-5-10(9)16(11)21/h2-7,22H,1H3. The van der Waals surface area contributed by atoms with Crippen LogP contribution in [0, 0.1) is 0 Å². The average molecular weight is 438 g/mol. The molecule has 0 radical (unpaired) electrons. The number of Topliss-reactive ketones (excluding diaryl/α,β-unsaturated/α-hetero) is 2. The van der Waals surface area contributed by atoms with Gasteiger partial charge in [-0.2, -0.15) is 0 Å². The fourth-order valence-corrected chi connectivity index (χ4v) is 3.27. The van der Waals surface area contributed by atoms with Gasteiger partial charge in [-0.15, -0.1) is 0 Å². The largest absolute Gasteiger partial charge is 0.503 e. The van der Waals surface area contributed by atoms with E-state index in [0.29, 0.717) is 25.6 Å². The Morgan fingerprint density at radius 1 is 1.04 bits per heavy atom. The third kappa shape index (κ3) is 2.52. The smallest absolute Gasteiger partial charge is 0.197 e. The second-order valence-electron chi connectivity index (χ2n) is 4.91. The lowest BCUT2D eigenvalue weighted by atomic mass is 10.1. The fraction of sp³-hybridized carbons (Fsp3) is 0.0588. The summed E-state index contributed by atoms with van der Waals surface area (Å²) in [5, 5.41) is 9.95. The van der Waals surface area contributed by atoms with Gasteiger partial charge in [0.25, 0.3) is 0 Å². The Hall–Kier alpha value is -1.92. The highest BCUT2D eigenvalue weighted by Crippen LogP contribution is 2.43. The monoisotopic (exact) mass is 436 g/mol. The van der Waals surface area contributed by atoms with Crippen LogP contribution < -0.4 is 4.74 Å². The summed E-state index contributed by atoms with van der Waals surface area (Å²) in [5.41, 5.74) is 1.46. The molecular formula is C17H10Br2O4. The van der Waals surface area contributed by atoms with Crippen molar-refractivity contribution in [3.8, 4) is 11.5 Å². The summed E-state index contributed by atoms with van der Waals surface area (Å²) in [4.78, 5) is 24.9. The number of methoxy groups -OCH3 is 1. The Labute approximate surface area is 149 Å². The van der Waals surface area contributed by atoms with Crippen LogP contribution in [0.15, 0.2) is 44.9 Å². The van der Waals surface area contributed by atoms with Crippen molar-refractivity contribution in [3.05, 3.63) is 61.5 Å². The van der Waals surface area contributed by atoms with Crippen molar-refractivity contribution in [3.63, 3.8) is 0 Å². The number of carbonyl (C=O) groups excluding carboxylic acids is 2. The normalized spacial score (nSPS) is 13.3. The van der Waals surface area contributed by atoms with E-state index >= 15 is 0 Å². The van der Waals surface area contributed by atoms with Crippen LogP contribution in [-0.4, -0.2) is 23.8 Å². The highest BCUT2D eigenvalue weighted by Gasteiger charge is 2.32. The predicted molar refractivity (Wildman–Crippen MR) is 93.1 cm³/mol. The topological polar surface area (TPSA) is 63.6 Å². The van der Waals surface area contributed by atoms with Gasteiger partial charge < -0.3 is 9.84 Å². The quantitative estimate of drug-likeness (QED) is 0.559. The molecule has 0 aromatic heterocycles. The van der Waals surface area contributed by atoms with Crippen molar-refractivity contribution in [2.75, 3.05) is 7.11 Å². The number of aromatic hydroxyl groups is 1. The number of allylic oxidation sites excluding steroid dienone is 1. The maximum Gasteiger partial charge on any atom is 0.197 e. The van der Waals surface area contributed by atoms with E-state index in [1.807, 2.05) is 0 Å². The average Bonchev–Trinajstić information content (AvgIpc) is 2.80. The minimum Gasteiger partial charge on any atom is -0.503 e. The van der Waals surface area contributed by atoms with Gasteiger partial charge >= 0.3 is 0 Å². The first kappa shape index (κ1) is 16.0. The lowest BCUT2D eigenvalue weighted by molar-refractivity contribution is 0.0990. The van der Waals surface area contributed by atoms with Crippen molar-refractivity contribution >= 4 is 49.5 Å². The Morgan fingerprint density at radius 3 is 2.13 bits per heavy atom. The van der Waals surface area contributed by atoms with Gasteiger partial charge in [-0.1, -0.05) is 24.3 Å². The number of carbonyl (C=O) groups is 2. The van der Waals surface area contributed by atoms with Gasteiger partial charge in [0.05, 0.1) is 17.2 Å². The van der Waals surface area contributed by atoms with Crippen LogP contribution in [0.5, 0.6) is 11.5 Å². The third-order valence-electron chi connectivity index (χ3n) is 3.60. The molecule has 0 saturated heterocycles. The van der Waals surface area contributed by atoms with E-state index in [2.05, 4.69) is 31.9 Å². The molecule has 1 aliphatic carbocycles. The summed E-state index contributed by atoms with van der Waals surface area (Å²) in [7, 11) is 1.42. The van der Waals surface area contributed by atoms with Gasteiger partial charge in [-0.05, 0) is 49.6 Å². The maximum absolute atomic E-state index is 12.4. The molecule has 2 aromatic rings. The van der Waals surface area contributed by atoms with E-state index in [-0.39, 0.29) is 28.6 Å². The molecule has 0 atom stereocenters. The SMILES string of the molecule is COc1cc(C=C2C(=O)c3ccccc3C2=O)c(Br)c(Br)c1O. The molecule has 6 heteroatoms. The lowest BCUT2D eigenvalue weighted by Crippen LogP contribution is -2.00. The molecule has 2 aromatic carbocycles. The molecule has 4 nitrogen and oxygen atoms in total. The molecule has 0 amide bonds. The van der Waals surface area contributed by atoms with Gasteiger partial charge in [-0.25, -0.2) is 0 Å². The molecule has 1 aliphatic rings. The Bertz CT molecular complexity index is 847. The minimum absolute atomic E-state index is 0.0612. The first-order valence-electron chi connectivity index (χ1n) is 6.60. The van der Waals surface area contributed by atoms with E-state index in [4.69, 9.17) is 4.74 Å². The summed E-state index contributed by atoms with van der Waals surface area (Å²) >= 11 is 6.60. The van der Waals surface area contributed by atoms with Gasteiger partial charge in [0, 0.05) is 15.6 Å². The van der Waals surface area contributed by atoms with Crippen molar-refractivity contribution in [1.82, 2.24) is 0 Å². The Balaban J connectivity index is 2.16. The molecular weight excluding hydrogens is 428 g/mol. The number of hydrogen-bond donors (Lipinski definition) is 1. The van der Waals surface area contributed by atoms with E-state index < -0.39 is 0 Å². The number of halogens is 2. The van der Waals surface area contributed by atoms with Crippen LogP contribution in [0.4, 0.5) is 0 Å². The number of ketones is 2. The molecule has 1 N–H and O–H groups in total. The molecule has 0 fully saturated rings. The molecule has 0 saturated carbocycles. The number of ether oxygens (including phenoxy) is 1. The van der Waals surface area contributed by atoms with Crippen molar-refractivity contribution in [1.29, 1.82) is 0 Å². The second-order valence-corrected chi connectivity index (χ2v) is 6.49. The summed E-state index contributed by atoms with van der Waals surface area (Å²) in [6.45, 7) is 0. The Kier molecular flexibility index (Phi) is 4.12. The van der Waals surface area contributed by atoms with E-state index in [1.54, 1.807) is 30.3 Å². The van der Waals surface area contributed by atoms with Gasteiger partial charge in [0.1, 0.15) is 0 Å². The molecule has 116 valence electrons. The highest BCUT2D eigenvalue weighted by atomic mass is 79.9. The summed E-state index contributed by atoms with van der Waals surface area (Å²) in [5.74, 6) is -0.433. The minimum atomic E-state index is -0.305. The third-order valence-corrected chi connectivity index (χ3v) is 5.76. The number of rotatable bonds is 2. The molecule has 0 spiro atoms. The zero-order valence-electron chi connectivity index (χ0n) is 11.9. The second kappa shape index (κ2) is 5.94. The number of fused-ring (bicyclic) bond motifs is 1. The predicted octanol–water partition coefficient (Wildman–Crippen LogP) is 4.39. The van der Waals surface area contributed by atoms with Gasteiger partial charge in [0.2, 0.25) is 0 Å². The number of phenols is 1. The molecule has 0 aliphatic heterocycles. The van der Waals surface area contributed by atoms with Crippen LogP contribution >= 0.6 is 31.9 Å². The molecule has 0 heterocycles. The van der Waals surface area contributed by atoms with Crippen molar-refractivity contribution in [2.24, 2.45) is 0 Å². The number of hydrogen-bond acceptors (Lipinski definition) is 4. The molecule has 3 rings (SSSR count). The zero-order valence-corrected chi connectivity index (χ0v) is 15.1. The van der Waals surface area contributed by atoms with E-state index in [1.165, 1.54) is 13.2 Å². The molecule has 23 heavy (non-hydrogen) atoms. The van der Waals surface area contributed by atoms with Crippen LogP contribution in [-0.2, 0) is 0 Å². The fourth-order valence-electron chi connectivity index (χ4n) is 2.43. The highest BCUT2D eigenvalue weighted by molar-refractivity contribution is 9.13. The van der Waals surface area contributed by atoms with Crippen molar-refractivity contribution in [2.45, 2.75) is 0 Å². The number of phenolic OH excluding ortho intramolecular Hbond substituents is 1. The first-order chi connectivity index (χ1) is 11.0. The van der Waals surface area contributed by atoms with E-state index in [9.17, 15) is 14.7 Å². The van der Waals surface area contributed by atoms with Crippen molar-refractivity contribution < 1.29 is 19.4 Å². The summed E-state index contributed by atoms with van der Waals surface area (Å²) in [6, 6.07) is 8.28. The van der Waals surface area contributed by atoms with Crippen LogP contribution in [0.1, 0.15) is 26.3 Å². The van der Waals surface area contributed by atoms with E-state index in [0.717, 1.165) is 0 Å². The van der Waals surface area contributed by atoms with Crippen LogP contribution in [0.25, 0.3) is 6.08 Å². The molecule has 0 unspecified atom stereocenters. The zero-order chi connectivity index (χ0) is 16.7. The van der Waals surface area contributed by atoms with Crippen LogP contribution in [0.2, 0.25) is 0 Å². The number of benzene rings is 2. The molecule has 0 bridgehead atoms. The summed E-state index contributed by atoms with van der Waals surface area (Å²) in [6.07, 6.45) is 1.50. The van der Waals surface area contributed by atoms with Gasteiger partial charge in [0.15, 0.2) is 23.1 Å². The Morgan fingerprint density at radius 2 is 1.61 bits per heavy atom. The van der Waals surface area contributed by atoms with Crippen LogP contribution in [0.3, 0.4) is 0 Å². The summed E-state index contributed by atoms with van der Waals surface area (Å²) < 4.78 is 6.02. The lowest BCUT2D eigenvalue weighted by Gasteiger charge is -2.10. The van der Waals surface area contributed by atoms with Gasteiger partial charge in [-0.3, -0.25) is 9.59 Å². The maximum atomic E-state index is 12.4.